The standard InChI is InChI=1S/C24H22ClFN4O2S/c1-15-2-5-18(6-3-15)33(31,32)30-14-20(19-11-17(25)4-7-23(19)30)24-28-13-21(26)22(29-24)10-16-8-9-27-12-16/h2-7,11,13-14,16,27H,8-10,12H2,1H3/t16-/m0/s1. The van der Waals surface area contributed by atoms with Gasteiger partial charge in [-0.05, 0) is 69.1 Å². The first-order valence-electron chi connectivity index (χ1n) is 10.7. The summed E-state index contributed by atoms with van der Waals surface area (Å²) in [6.45, 7) is 3.63. The zero-order chi connectivity index (χ0) is 23.2. The molecule has 0 aliphatic carbocycles. The van der Waals surface area contributed by atoms with Crippen molar-refractivity contribution in [1.29, 1.82) is 0 Å². The molecule has 1 saturated heterocycles. The minimum Gasteiger partial charge on any atom is -0.316 e. The second kappa shape index (κ2) is 8.52. The van der Waals surface area contributed by atoms with Crippen molar-refractivity contribution in [2.24, 2.45) is 5.92 Å². The number of hydrogen-bond acceptors (Lipinski definition) is 5. The first-order chi connectivity index (χ1) is 15.8. The van der Waals surface area contributed by atoms with E-state index in [1.54, 1.807) is 42.5 Å². The van der Waals surface area contributed by atoms with Crippen molar-refractivity contribution in [3.8, 4) is 11.4 Å². The number of rotatable bonds is 5. The fourth-order valence-corrected chi connectivity index (χ4v) is 5.75. The second-order valence-electron chi connectivity index (χ2n) is 8.37. The molecule has 4 aromatic rings. The average Bonchev–Trinajstić information content (AvgIpc) is 3.43. The van der Waals surface area contributed by atoms with E-state index in [2.05, 4.69) is 15.3 Å². The molecule has 5 rings (SSSR count). The third-order valence-corrected chi connectivity index (χ3v) is 7.94. The summed E-state index contributed by atoms with van der Waals surface area (Å²) in [6.07, 6.45) is 4.10. The summed E-state index contributed by atoms with van der Waals surface area (Å²) < 4.78 is 42.6. The van der Waals surface area contributed by atoms with E-state index in [1.807, 2.05) is 6.92 Å². The molecule has 3 heterocycles. The second-order valence-corrected chi connectivity index (χ2v) is 10.6. The predicted molar refractivity (Wildman–Crippen MR) is 126 cm³/mol. The smallest absolute Gasteiger partial charge is 0.268 e. The maximum atomic E-state index is 14.5. The van der Waals surface area contributed by atoms with Crippen LogP contribution >= 0.6 is 11.6 Å². The minimum atomic E-state index is -3.88. The molecule has 1 atom stereocenters. The van der Waals surface area contributed by atoms with Crippen LogP contribution in [0.4, 0.5) is 4.39 Å². The van der Waals surface area contributed by atoms with Gasteiger partial charge >= 0.3 is 0 Å². The van der Waals surface area contributed by atoms with Crippen LogP contribution < -0.4 is 5.32 Å². The Labute approximate surface area is 196 Å². The van der Waals surface area contributed by atoms with E-state index in [4.69, 9.17) is 11.6 Å². The summed E-state index contributed by atoms with van der Waals surface area (Å²) in [5, 5.41) is 4.31. The van der Waals surface area contributed by atoms with Gasteiger partial charge in [0.2, 0.25) is 0 Å². The summed E-state index contributed by atoms with van der Waals surface area (Å²) in [5.74, 6) is 0.113. The van der Waals surface area contributed by atoms with Gasteiger partial charge in [-0.2, -0.15) is 0 Å². The Bertz CT molecular complexity index is 1450. The lowest BCUT2D eigenvalue weighted by atomic mass is 10.0. The summed E-state index contributed by atoms with van der Waals surface area (Å²) >= 11 is 6.24. The molecule has 1 N–H and O–H groups in total. The topological polar surface area (TPSA) is 76.9 Å². The van der Waals surface area contributed by atoms with Gasteiger partial charge in [0.25, 0.3) is 10.0 Å². The van der Waals surface area contributed by atoms with E-state index in [0.717, 1.165) is 31.3 Å². The van der Waals surface area contributed by atoms with Crippen LogP contribution in [0.15, 0.2) is 59.8 Å². The zero-order valence-corrected chi connectivity index (χ0v) is 19.5. The molecule has 0 amide bonds. The fourth-order valence-electron chi connectivity index (χ4n) is 4.21. The molecule has 0 saturated carbocycles. The Morgan fingerprint density at radius 3 is 2.73 bits per heavy atom. The molecule has 9 heteroatoms. The first-order valence-corrected chi connectivity index (χ1v) is 12.5. The molecule has 0 unspecified atom stereocenters. The van der Waals surface area contributed by atoms with Crippen LogP contribution in [0, 0.1) is 18.7 Å². The number of aromatic nitrogens is 3. The van der Waals surface area contributed by atoms with E-state index in [-0.39, 0.29) is 10.7 Å². The van der Waals surface area contributed by atoms with Crippen molar-refractivity contribution < 1.29 is 12.8 Å². The summed E-state index contributed by atoms with van der Waals surface area (Å²) in [4.78, 5) is 8.86. The molecule has 0 bridgehead atoms. The van der Waals surface area contributed by atoms with Crippen molar-refractivity contribution in [2.75, 3.05) is 13.1 Å². The van der Waals surface area contributed by atoms with Gasteiger partial charge in [-0.1, -0.05) is 29.3 Å². The lowest BCUT2D eigenvalue weighted by Crippen LogP contribution is -2.13. The van der Waals surface area contributed by atoms with E-state index in [1.165, 1.54) is 10.2 Å². The largest absolute Gasteiger partial charge is 0.316 e. The highest BCUT2D eigenvalue weighted by molar-refractivity contribution is 7.90. The number of aryl methyl sites for hydroxylation is 1. The molecule has 6 nitrogen and oxygen atoms in total. The van der Waals surface area contributed by atoms with Crippen molar-refractivity contribution in [2.45, 2.75) is 24.7 Å². The van der Waals surface area contributed by atoms with Crippen molar-refractivity contribution >= 4 is 32.5 Å². The predicted octanol–water partition coefficient (Wildman–Crippen LogP) is 4.59. The van der Waals surface area contributed by atoms with Crippen LogP contribution in [0.25, 0.3) is 22.3 Å². The normalized spacial score (nSPS) is 16.5. The van der Waals surface area contributed by atoms with Crippen molar-refractivity contribution in [1.82, 2.24) is 19.3 Å². The molecular formula is C24H22ClFN4O2S. The summed E-state index contributed by atoms with van der Waals surface area (Å²) in [6, 6.07) is 11.6. The molecule has 0 spiro atoms. The minimum absolute atomic E-state index is 0.168. The van der Waals surface area contributed by atoms with Gasteiger partial charge in [0.1, 0.15) is 0 Å². The number of halogens is 2. The third kappa shape index (κ3) is 4.14. The summed E-state index contributed by atoms with van der Waals surface area (Å²) in [5.41, 5.74) is 2.22. The van der Waals surface area contributed by atoms with Crippen LogP contribution in [-0.4, -0.2) is 35.4 Å². The van der Waals surface area contributed by atoms with Gasteiger partial charge in [-0.25, -0.2) is 26.7 Å². The molecular weight excluding hydrogens is 463 g/mol. The monoisotopic (exact) mass is 484 g/mol. The molecule has 2 aromatic carbocycles. The number of nitrogens with one attached hydrogen (secondary N) is 1. The highest BCUT2D eigenvalue weighted by Crippen LogP contribution is 2.33. The van der Waals surface area contributed by atoms with Crippen LogP contribution in [-0.2, 0) is 16.4 Å². The lowest BCUT2D eigenvalue weighted by Gasteiger charge is -2.09. The SMILES string of the molecule is Cc1ccc(S(=O)(=O)n2cc(-c3ncc(F)c(C[C@@H]4CCNC4)n3)c3cc(Cl)ccc32)cc1. The molecule has 33 heavy (non-hydrogen) atoms. The number of nitrogens with zero attached hydrogens (tertiary/aromatic N) is 3. The Morgan fingerprint density at radius 1 is 1.21 bits per heavy atom. The maximum absolute atomic E-state index is 14.5. The van der Waals surface area contributed by atoms with Gasteiger partial charge < -0.3 is 5.32 Å². The highest BCUT2D eigenvalue weighted by atomic mass is 35.5. The first kappa shape index (κ1) is 22.0. The molecule has 0 radical (unpaired) electrons. The van der Waals surface area contributed by atoms with E-state index >= 15 is 0 Å². The Kier molecular flexibility index (Phi) is 5.68. The van der Waals surface area contributed by atoms with Crippen LogP contribution in [0.5, 0.6) is 0 Å². The summed E-state index contributed by atoms with van der Waals surface area (Å²) in [7, 11) is -3.88. The Morgan fingerprint density at radius 2 is 2.00 bits per heavy atom. The van der Waals surface area contributed by atoms with E-state index in [0.29, 0.717) is 39.5 Å². The lowest BCUT2D eigenvalue weighted by molar-refractivity contribution is 0.528. The van der Waals surface area contributed by atoms with Gasteiger partial charge in [-0.3, -0.25) is 0 Å². The Balaban J connectivity index is 1.65. The number of benzene rings is 2. The van der Waals surface area contributed by atoms with Crippen LogP contribution in [0.1, 0.15) is 17.7 Å². The van der Waals surface area contributed by atoms with Crippen LogP contribution in [0.3, 0.4) is 0 Å². The maximum Gasteiger partial charge on any atom is 0.268 e. The third-order valence-electron chi connectivity index (χ3n) is 6.01. The van der Waals surface area contributed by atoms with E-state index in [9.17, 15) is 12.8 Å². The molecule has 1 aliphatic heterocycles. The quantitative estimate of drug-likeness (QED) is 0.448. The molecule has 170 valence electrons. The van der Waals surface area contributed by atoms with Gasteiger partial charge in [0, 0.05) is 22.2 Å². The van der Waals surface area contributed by atoms with Gasteiger partial charge in [0.15, 0.2) is 11.6 Å². The molecule has 2 aromatic heterocycles. The van der Waals surface area contributed by atoms with Crippen LogP contribution in [0.2, 0.25) is 5.02 Å². The Hall–Kier alpha value is -2.81. The van der Waals surface area contributed by atoms with E-state index < -0.39 is 15.8 Å². The average molecular weight is 485 g/mol. The highest BCUT2D eigenvalue weighted by Gasteiger charge is 2.24. The number of hydrogen-bond donors (Lipinski definition) is 1. The molecule has 1 aliphatic rings. The fraction of sp³-hybridized carbons (Fsp3) is 0.250. The van der Waals surface area contributed by atoms with Gasteiger partial charge in [-0.15, -0.1) is 0 Å². The van der Waals surface area contributed by atoms with Crippen molar-refractivity contribution in [3.05, 3.63) is 77.0 Å². The van der Waals surface area contributed by atoms with Gasteiger partial charge in [0.05, 0.1) is 22.3 Å². The molecule has 1 fully saturated rings. The number of fused-ring (bicyclic) bond motifs is 1. The zero-order valence-electron chi connectivity index (χ0n) is 17.9. The van der Waals surface area contributed by atoms with Crippen molar-refractivity contribution in [3.63, 3.8) is 0 Å².